The summed E-state index contributed by atoms with van der Waals surface area (Å²) in [5.41, 5.74) is 0.664. The molecular weight excluding hydrogens is 186 g/mol. The highest BCUT2D eigenvalue weighted by molar-refractivity contribution is 5.19. The molecule has 0 aromatic heterocycles. The smallest absolute Gasteiger partial charge is 0.0841 e. The van der Waals surface area contributed by atoms with E-state index in [2.05, 4.69) is 6.07 Å². The van der Waals surface area contributed by atoms with Crippen LogP contribution in [0.15, 0.2) is 30.3 Å². The first-order valence-corrected chi connectivity index (χ1v) is 5.18. The van der Waals surface area contributed by atoms with Gasteiger partial charge in [-0.1, -0.05) is 44.2 Å². The summed E-state index contributed by atoms with van der Waals surface area (Å²) < 4.78 is 0. The van der Waals surface area contributed by atoms with Crippen molar-refractivity contribution in [3.8, 4) is 6.07 Å². The van der Waals surface area contributed by atoms with Gasteiger partial charge in [0.25, 0.3) is 0 Å². The lowest BCUT2D eigenvalue weighted by Gasteiger charge is -2.30. The Kier molecular flexibility index (Phi) is 3.88. The Morgan fingerprint density at radius 1 is 1.33 bits per heavy atom. The summed E-state index contributed by atoms with van der Waals surface area (Å²) in [6.45, 7) is 3.98. The molecule has 15 heavy (non-hydrogen) atoms. The fourth-order valence-electron chi connectivity index (χ4n) is 1.60. The molecule has 0 aliphatic rings. The summed E-state index contributed by atoms with van der Waals surface area (Å²) in [6.07, 6.45) is 0.684. The Morgan fingerprint density at radius 3 is 2.47 bits per heavy atom. The van der Waals surface area contributed by atoms with Gasteiger partial charge < -0.3 is 5.11 Å². The van der Waals surface area contributed by atoms with E-state index < -0.39 is 6.10 Å². The molecule has 1 N–H and O–H groups in total. The summed E-state index contributed by atoms with van der Waals surface area (Å²) >= 11 is 0. The molecule has 2 heteroatoms. The van der Waals surface area contributed by atoms with Gasteiger partial charge >= 0.3 is 0 Å². The first-order chi connectivity index (χ1) is 7.08. The number of hydrogen-bond donors (Lipinski definition) is 1. The van der Waals surface area contributed by atoms with Crippen LogP contribution in [-0.2, 0) is 0 Å². The van der Waals surface area contributed by atoms with Gasteiger partial charge in [0.05, 0.1) is 12.2 Å². The van der Waals surface area contributed by atoms with E-state index in [0.717, 1.165) is 5.56 Å². The fraction of sp³-hybridized carbons (Fsp3) is 0.462. The lowest BCUT2D eigenvalue weighted by molar-refractivity contribution is 0.0440. The molecule has 0 saturated heterocycles. The zero-order valence-corrected chi connectivity index (χ0v) is 9.27. The van der Waals surface area contributed by atoms with Crippen LogP contribution >= 0.6 is 0 Å². The third kappa shape index (κ3) is 3.07. The van der Waals surface area contributed by atoms with Crippen molar-refractivity contribution in [1.29, 1.82) is 5.26 Å². The minimum absolute atomic E-state index is 0.253. The van der Waals surface area contributed by atoms with Crippen molar-refractivity contribution in [2.24, 2.45) is 5.41 Å². The summed E-state index contributed by atoms with van der Waals surface area (Å²) in [5.74, 6) is 0. The number of nitriles is 1. The van der Waals surface area contributed by atoms with E-state index >= 15 is 0 Å². The highest BCUT2D eigenvalue weighted by Crippen LogP contribution is 2.36. The number of nitrogens with zero attached hydrogens (tertiary/aromatic N) is 1. The van der Waals surface area contributed by atoms with Gasteiger partial charge in [0.1, 0.15) is 0 Å². The second kappa shape index (κ2) is 4.95. The molecule has 1 rings (SSSR count). The SMILES string of the molecule is CC(C)(CCC#N)C(O)c1ccccc1. The van der Waals surface area contributed by atoms with E-state index in [1.54, 1.807) is 0 Å². The van der Waals surface area contributed by atoms with Crippen LogP contribution in [0.25, 0.3) is 0 Å². The van der Waals surface area contributed by atoms with Gasteiger partial charge in [-0.15, -0.1) is 0 Å². The largest absolute Gasteiger partial charge is 0.388 e. The zero-order chi connectivity index (χ0) is 11.3. The first kappa shape index (κ1) is 11.7. The second-order valence-corrected chi connectivity index (χ2v) is 4.46. The van der Waals surface area contributed by atoms with Crippen LogP contribution in [0.4, 0.5) is 0 Å². The van der Waals surface area contributed by atoms with Crippen LogP contribution in [-0.4, -0.2) is 5.11 Å². The van der Waals surface area contributed by atoms with E-state index in [1.165, 1.54) is 0 Å². The molecule has 1 unspecified atom stereocenters. The molecule has 1 aromatic carbocycles. The van der Waals surface area contributed by atoms with Crippen LogP contribution in [0, 0.1) is 16.7 Å². The fourth-order valence-corrected chi connectivity index (χ4v) is 1.60. The maximum Gasteiger partial charge on any atom is 0.0841 e. The molecule has 0 spiro atoms. The molecule has 0 bridgehead atoms. The number of aliphatic hydroxyl groups excluding tert-OH is 1. The summed E-state index contributed by atoms with van der Waals surface area (Å²) in [5, 5.41) is 18.7. The maximum atomic E-state index is 10.2. The topological polar surface area (TPSA) is 44.0 Å². The third-order valence-electron chi connectivity index (χ3n) is 2.74. The standard InChI is InChI=1S/C13H17NO/c1-13(2,9-6-10-14)12(15)11-7-4-3-5-8-11/h3-5,7-8,12,15H,6,9H2,1-2H3. The maximum absolute atomic E-state index is 10.2. The van der Waals surface area contributed by atoms with E-state index in [4.69, 9.17) is 5.26 Å². The molecule has 0 heterocycles. The molecule has 0 radical (unpaired) electrons. The van der Waals surface area contributed by atoms with Crippen molar-refractivity contribution in [1.82, 2.24) is 0 Å². The van der Waals surface area contributed by atoms with Crippen molar-refractivity contribution in [3.05, 3.63) is 35.9 Å². The first-order valence-electron chi connectivity index (χ1n) is 5.18. The Morgan fingerprint density at radius 2 is 1.93 bits per heavy atom. The van der Waals surface area contributed by atoms with Gasteiger partial charge in [-0.05, 0) is 17.4 Å². The molecule has 80 valence electrons. The predicted octanol–water partition coefficient (Wildman–Crippen LogP) is 3.05. The molecule has 0 amide bonds. The van der Waals surface area contributed by atoms with Gasteiger partial charge in [0.2, 0.25) is 0 Å². The summed E-state index contributed by atoms with van der Waals surface area (Å²) in [7, 11) is 0. The Labute approximate surface area is 91.2 Å². The summed E-state index contributed by atoms with van der Waals surface area (Å²) in [6, 6.07) is 11.7. The van der Waals surface area contributed by atoms with E-state index in [9.17, 15) is 5.11 Å². The molecule has 0 aliphatic carbocycles. The van der Waals surface area contributed by atoms with Crippen LogP contribution in [0.2, 0.25) is 0 Å². The minimum Gasteiger partial charge on any atom is -0.388 e. The van der Waals surface area contributed by atoms with Gasteiger partial charge in [-0.3, -0.25) is 0 Å². The van der Waals surface area contributed by atoms with Crippen molar-refractivity contribution < 1.29 is 5.11 Å². The highest BCUT2D eigenvalue weighted by atomic mass is 16.3. The number of aliphatic hydroxyl groups is 1. The van der Waals surface area contributed by atoms with E-state index in [0.29, 0.717) is 12.8 Å². The van der Waals surface area contributed by atoms with Crippen LogP contribution in [0.1, 0.15) is 38.4 Å². The van der Waals surface area contributed by atoms with E-state index in [-0.39, 0.29) is 5.41 Å². The third-order valence-corrected chi connectivity index (χ3v) is 2.74. The lowest BCUT2D eigenvalue weighted by atomic mass is 9.79. The van der Waals surface area contributed by atoms with Crippen molar-refractivity contribution in [2.45, 2.75) is 32.8 Å². The van der Waals surface area contributed by atoms with Crippen LogP contribution < -0.4 is 0 Å². The van der Waals surface area contributed by atoms with E-state index in [1.807, 2.05) is 44.2 Å². The summed E-state index contributed by atoms with van der Waals surface area (Å²) in [4.78, 5) is 0. The average molecular weight is 203 g/mol. The molecule has 1 atom stereocenters. The van der Waals surface area contributed by atoms with Gasteiger partial charge in [0.15, 0.2) is 0 Å². The quantitative estimate of drug-likeness (QED) is 0.817. The second-order valence-electron chi connectivity index (χ2n) is 4.46. The lowest BCUT2D eigenvalue weighted by Crippen LogP contribution is -2.21. The Hall–Kier alpha value is -1.33. The predicted molar refractivity (Wildman–Crippen MR) is 60.0 cm³/mol. The Balaban J connectivity index is 2.76. The van der Waals surface area contributed by atoms with Crippen molar-refractivity contribution in [2.75, 3.05) is 0 Å². The minimum atomic E-state index is -0.507. The molecule has 0 fully saturated rings. The van der Waals surface area contributed by atoms with Crippen molar-refractivity contribution in [3.63, 3.8) is 0 Å². The molecule has 0 saturated carbocycles. The van der Waals surface area contributed by atoms with Crippen molar-refractivity contribution >= 4 is 0 Å². The average Bonchev–Trinajstić information content (AvgIpc) is 2.26. The van der Waals surface area contributed by atoms with Gasteiger partial charge in [-0.25, -0.2) is 0 Å². The molecule has 2 nitrogen and oxygen atoms in total. The normalized spacial score (nSPS) is 13.2. The number of benzene rings is 1. The molecular formula is C13H17NO. The van der Waals surface area contributed by atoms with Gasteiger partial charge in [0, 0.05) is 6.42 Å². The molecule has 1 aromatic rings. The van der Waals surface area contributed by atoms with Crippen LogP contribution in [0.3, 0.4) is 0 Å². The van der Waals surface area contributed by atoms with Gasteiger partial charge in [-0.2, -0.15) is 5.26 Å². The Bertz CT molecular complexity index is 337. The molecule has 0 aliphatic heterocycles. The van der Waals surface area contributed by atoms with Crippen LogP contribution in [0.5, 0.6) is 0 Å². The number of hydrogen-bond acceptors (Lipinski definition) is 2. The number of rotatable bonds is 4. The zero-order valence-electron chi connectivity index (χ0n) is 9.27. The highest BCUT2D eigenvalue weighted by Gasteiger charge is 2.28. The monoisotopic (exact) mass is 203 g/mol.